The van der Waals surface area contributed by atoms with E-state index in [1.54, 1.807) is 18.2 Å². The van der Waals surface area contributed by atoms with Crippen molar-refractivity contribution in [1.82, 2.24) is 9.55 Å². The van der Waals surface area contributed by atoms with Crippen LogP contribution in [0.5, 0.6) is 0 Å². The van der Waals surface area contributed by atoms with Crippen LogP contribution in [0.3, 0.4) is 0 Å². The number of hydrogen-bond acceptors (Lipinski definition) is 4. The Kier molecular flexibility index (Phi) is 4.43. The van der Waals surface area contributed by atoms with Crippen LogP contribution in [0, 0.1) is 6.92 Å². The summed E-state index contributed by atoms with van der Waals surface area (Å²) in [7, 11) is 0. The first-order valence-electron chi connectivity index (χ1n) is 11.0. The molecule has 1 saturated carbocycles. The van der Waals surface area contributed by atoms with Crippen LogP contribution < -0.4 is 10.9 Å². The number of carboxylic acids is 1. The van der Waals surface area contributed by atoms with Gasteiger partial charge in [0, 0.05) is 22.7 Å². The average molecular weight is 418 g/mol. The lowest BCUT2D eigenvalue weighted by molar-refractivity contribution is 0.0698. The van der Waals surface area contributed by atoms with Crippen LogP contribution in [-0.4, -0.2) is 20.6 Å². The van der Waals surface area contributed by atoms with Crippen LogP contribution in [0.15, 0.2) is 41.2 Å². The molecule has 6 nitrogen and oxygen atoms in total. The first-order valence-corrected chi connectivity index (χ1v) is 11.0. The molecule has 1 aromatic heterocycles. The number of hydrogen-bond donors (Lipinski definition) is 2. The summed E-state index contributed by atoms with van der Waals surface area (Å²) in [5.41, 5.74) is 3.51. The number of aromatic carboxylic acids is 1. The normalized spacial score (nSPS) is 19.8. The molecule has 3 aromatic rings. The fourth-order valence-electron chi connectivity index (χ4n) is 5.48. The number of nitrogens with one attached hydrogen (secondary N) is 1. The molecule has 2 heterocycles. The standard InChI is InChI=1S/C25H27N3O3/c1-14-11-18(16(3)26-20-8-5-4-7-17(20)23(30)31)21-19(12-14)22(29)28-15(2)13-25(9-6-10-25)24(28)27-21/h4-5,7-8,11-12,15-16,26H,6,9-10,13H2,1-3H3,(H,30,31)/t15-,16+/m0/s1. The molecule has 2 aromatic carbocycles. The topological polar surface area (TPSA) is 84.2 Å². The summed E-state index contributed by atoms with van der Waals surface area (Å²) in [6.45, 7) is 6.09. The van der Waals surface area contributed by atoms with Gasteiger partial charge < -0.3 is 10.4 Å². The van der Waals surface area contributed by atoms with E-state index in [1.807, 2.05) is 30.5 Å². The van der Waals surface area contributed by atoms with Crippen LogP contribution >= 0.6 is 0 Å². The Labute approximate surface area is 180 Å². The molecule has 0 amide bonds. The van der Waals surface area contributed by atoms with Gasteiger partial charge in [-0.05, 0) is 63.8 Å². The van der Waals surface area contributed by atoms with Crippen molar-refractivity contribution in [2.24, 2.45) is 0 Å². The van der Waals surface area contributed by atoms with E-state index >= 15 is 0 Å². The van der Waals surface area contributed by atoms with Gasteiger partial charge in [0.15, 0.2) is 0 Å². The van der Waals surface area contributed by atoms with Crippen molar-refractivity contribution in [3.05, 3.63) is 69.3 Å². The van der Waals surface area contributed by atoms with Gasteiger partial charge in [-0.15, -0.1) is 0 Å². The number of rotatable bonds is 4. The Balaban J connectivity index is 1.66. The second kappa shape index (κ2) is 6.94. The van der Waals surface area contributed by atoms with E-state index in [4.69, 9.17) is 4.98 Å². The van der Waals surface area contributed by atoms with Gasteiger partial charge in [-0.3, -0.25) is 9.36 Å². The second-order valence-corrected chi connectivity index (χ2v) is 9.26. The molecule has 1 spiro atoms. The lowest BCUT2D eigenvalue weighted by Gasteiger charge is -2.37. The van der Waals surface area contributed by atoms with Crippen molar-refractivity contribution >= 4 is 22.6 Å². The molecule has 6 heteroatoms. The van der Waals surface area contributed by atoms with Crippen LogP contribution in [0.1, 0.15) is 78.9 Å². The summed E-state index contributed by atoms with van der Waals surface area (Å²) < 4.78 is 1.92. The summed E-state index contributed by atoms with van der Waals surface area (Å²) >= 11 is 0. The Hall–Kier alpha value is -3.15. The second-order valence-electron chi connectivity index (χ2n) is 9.26. The maximum atomic E-state index is 13.5. The highest BCUT2D eigenvalue weighted by Gasteiger charge is 2.49. The average Bonchev–Trinajstić information content (AvgIpc) is 3.01. The molecule has 2 N–H and O–H groups in total. The van der Waals surface area contributed by atoms with Crippen LogP contribution in [-0.2, 0) is 5.41 Å². The summed E-state index contributed by atoms with van der Waals surface area (Å²) in [6.07, 6.45) is 4.36. The Bertz CT molecular complexity index is 1270. The molecule has 2 atom stereocenters. The number of fused-ring (bicyclic) bond motifs is 3. The van der Waals surface area contributed by atoms with Crippen molar-refractivity contribution in [2.75, 3.05) is 5.32 Å². The molecule has 31 heavy (non-hydrogen) atoms. The summed E-state index contributed by atoms with van der Waals surface area (Å²) in [4.78, 5) is 30.2. The van der Waals surface area contributed by atoms with E-state index in [-0.39, 0.29) is 28.6 Å². The molecule has 0 radical (unpaired) electrons. The van der Waals surface area contributed by atoms with Gasteiger partial charge in [0.05, 0.1) is 22.5 Å². The number of nitrogens with zero attached hydrogens (tertiary/aromatic N) is 2. The first-order chi connectivity index (χ1) is 14.8. The van der Waals surface area contributed by atoms with E-state index in [0.29, 0.717) is 11.1 Å². The lowest BCUT2D eigenvalue weighted by atomic mass is 9.66. The zero-order valence-electron chi connectivity index (χ0n) is 18.1. The molecule has 0 saturated heterocycles. The summed E-state index contributed by atoms with van der Waals surface area (Å²) in [5, 5.41) is 13.5. The Morgan fingerprint density at radius 2 is 2.03 bits per heavy atom. The highest BCUT2D eigenvalue weighted by molar-refractivity contribution is 5.94. The first kappa shape index (κ1) is 19.8. The summed E-state index contributed by atoms with van der Waals surface area (Å²) in [5.74, 6) is -0.0357. The minimum atomic E-state index is -0.973. The fraction of sp³-hybridized carbons (Fsp3) is 0.400. The number of para-hydroxylation sites is 1. The molecular formula is C25H27N3O3. The smallest absolute Gasteiger partial charge is 0.337 e. The van der Waals surface area contributed by atoms with Crippen molar-refractivity contribution in [2.45, 2.75) is 64.0 Å². The highest BCUT2D eigenvalue weighted by Crippen LogP contribution is 2.52. The minimum absolute atomic E-state index is 0.0411. The van der Waals surface area contributed by atoms with Crippen molar-refractivity contribution < 1.29 is 9.90 Å². The quantitative estimate of drug-likeness (QED) is 0.627. The number of benzene rings is 2. The molecule has 1 fully saturated rings. The van der Waals surface area contributed by atoms with Gasteiger partial charge in [0.25, 0.3) is 5.56 Å². The van der Waals surface area contributed by atoms with E-state index in [1.165, 1.54) is 6.42 Å². The Morgan fingerprint density at radius 1 is 1.29 bits per heavy atom. The van der Waals surface area contributed by atoms with Crippen LogP contribution in [0.4, 0.5) is 5.69 Å². The van der Waals surface area contributed by atoms with Gasteiger partial charge >= 0.3 is 5.97 Å². The van der Waals surface area contributed by atoms with Gasteiger partial charge in [-0.1, -0.05) is 24.6 Å². The van der Waals surface area contributed by atoms with Crippen LogP contribution in [0.25, 0.3) is 10.9 Å². The molecule has 1 aliphatic heterocycles. The van der Waals surface area contributed by atoms with Gasteiger partial charge in [0.1, 0.15) is 5.82 Å². The molecule has 5 rings (SSSR count). The van der Waals surface area contributed by atoms with Gasteiger partial charge in [0.2, 0.25) is 0 Å². The number of aromatic nitrogens is 2. The number of anilines is 1. The van der Waals surface area contributed by atoms with Crippen LogP contribution in [0.2, 0.25) is 0 Å². The maximum absolute atomic E-state index is 13.5. The van der Waals surface area contributed by atoms with E-state index < -0.39 is 5.97 Å². The van der Waals surface area contributed by atoms with E-state index in [0.717, 1.165) is 41.7 Å². The third kappa shape index (κ3) is 2.96. The summed E-state index contributed by atoms with van der Waals surface area (Å²) in [6, 6.07) is 10.8. The monoisotopic (exact) mass is 417 g/mol. The molecule has 0 bridgehead atoms. The fourth-order valence-corrected chi connectivity index (χ4v) is 5.48. The highest BCUT2D eigenvalue weighted by atomic mass is 16.4. The van der Waals surface area contributed by atoms with Crippen molar-refractivity contribution in [1.29, 1.82) is 0 Å². The maximum Gasteiger partial charge on any atom is 0.337 e. The predicted octanol–water partition coefficient (Wildman–Crippen LogP) is 4.96. The number of carboxylic acid groups (broad SMARTS) is 1. The van der Waals surface area contributed by atoms with Gasteiger partial charge in [-0.25, -0.2) is 9.78 Å². The SMILES string of the molecule is Cc1cc([C@@H](C)Nc2ccccc2C(=O)O)c2nc3n(c(=O)c2c1)[C@@H](C)CC31CCC1. The lowest BCUT2D eigenvalue weighted by Crippen LogP contribution is -2.34. The predicted molar refractivity (Wildman–Crippen MR) is 121 cm³/mol. The van der Waals surface area contributed by atoms with E-state index in [9.17, 15) is 14.7 Å². The van der Waals surface area contributed by atoms with Crippen molar-refractivity contribution in [3.63, 3.8) is 0 Å². The molecule has 2 aliphatic rings. The molecule has 160 valence electrons. The Morgan fingerprint density at radius 3 is 2.71 bits per heavy atom. The van der Waals surface area contributed by atoms with Crippen molar-refractivity contribution in [3.8, 4) is 0 Å². The molecule has 1 aliphatic carbocycles. The largest absolute Gasteiger partial charge is 0.478 e. The minimum Gasteiger partial charge on any atom is -0.478 e. The molecular weight excluding hydrogens is 390 g/mol. The third-order valence-electron chi connectivity index (χ3n) is 7.09. The van der Waals surface area contributed by atoms with Gasteiger partial charge in [-0.2, -0.15) is 0 Å². The zero-order valence-corrected chi connectivity index (χ0v) is 18.1. The number of carbonyl (C=O) groups is 1. The molecule has 0 unspecified atom stereocenters. The zero-order chi connectivity index (χ0) is 21.9. The van der Waals surface area contributed by atoms with E-state index in [2.05, 4.69) is 18.3 Å². The third-order valence-corrected chi connectivity index (χ3v) is 7.09. The number of aryl methyl sites for hydroxylation is 1.